The van der Waals surface area contributed by atoms with Crippen LogP contribution in [-0.4, -0.2) is 42.9 Å². The van der Waals surface area contributed by atoms with Crippen molar-refractivity contribution in [3.8, 4) is 0 Å². The molecule has 1 saturated heterocycles. The first-order valence-corrected chi connectivity index (χ1v) is 6.40. The van der Waals surface area contributed by atoms with Crippen molar-refractivity contribution in [2.45, 2.75) is 12.5 Å². The average Bonchev–Trinajstić information content (AvgIpc) is 2.68. The highest BCUT2D eigenvalue weighted by molar-refractivity contribution is 5.34. The highest BCUT2D eigenvalue weighted by atomic mass is 16.5. The molecule has 0 aromatic heterocycles. The topological polar surface area (TPSA) is 32.7 Å². The van der Waals surface area contributed by atoms with E-state index in [-0.39, 0.29) is 6.10 Å². The molecule has 1 aliphatic heterocycles. The largest absolute Gasteiger partial charge is 0.388 e. The van der Waals surface area contributed by atoms with Gasteiger partial charge in [0.25, 0.3) is 0 Å². The third-order valence-electron chi connectivity index (χ3n) is 3.90. The standard InChI is InChI=1S/C14H19NO2/c16-14-12(10-15-5-7-17-8-6-15)9-11-3-1-2-4-13(11)14/h1-4,12,14,16H,5-10H2/t12-,14+/m1/s1. The van der Waals surface area contributed by atoms with Crippen LogP contribution in [0.2, 0.25) is 0 Å². The number of nitrogens with zero attached hydrogens (tertiary/aromatic N) is 1. The summed E-state index contributed by atoms with van der Waals surface area (Å²) >= 11 is 0. The predicted molar refractivity (Wildman–Crippen MR) is 65.9 cm³/mol. The zero-order chi connectivity index (χ0) is 11.7. The molecular weight excluding hydrogens is 214 g/mol. The van der Waals surface area contributed by atoms with Gasteiger partial charge >= 0.3 is 0 Å². The van der Waals surface area contributed by atoms with Gasteiger partial charge < -0.3 is 9.84 Å². The average molecular weight is 233 g/mol. The Hall–Kier alpha value is -0.900. The molecule has 92 valence electrons. The molecule has 1 fully saturated rings. The minimum Gasteiger partial charge on any atom is -0.388 e. The molecule has 3 nitrogen and oxygen atoms in total. The van der Waals surface area contributed by atoms with E-state index in [1.807, 2.05) is 6.07 Å². The molecule has 3 rings (SSSR count). The fourth-order valence-electron chi connectivity index (χ4n) is 2.94. The maximum atomic E-state index is 10.3. The molecule has 0 spiro atoms. The van der Waals surface area contributed by atoms with E-state index in [4.69, 9.17) is 4.74 Å². The second-order valence-electron chi connectivity index (χ2n) is 5.02. The Kier molecular flexibility index (Phi) is 3.14. The van der Waals surface area contributed by atoms with Crippen molar-refractivity contribution in [1.29, 1.82) is 0 Å². The Bertz CT molecular complexity index is 388. The number of benzene rings is 1. The lowest BCUT2D eigenvalue weighted by Gasteiger charge is -2.30. The van der Waals surface area contributed by atoms with Crippen LogP contribution in [0.3, 0.4) is 0 Å². The minimum absolute atomic E-state index is 0.283. The third-order valence-corrected chi connectivity index (χ3v) is 3.90. The molecule has 17 heavy (non-hydrogen) atoms. The highest BCUT2D eigenvalue weighted by Crippen LogP contribution is 2.36. The number of ether oxygens (including phenoxy) is 1. The van der Waals surface area contributed by atoms with Gasteiger partial charge in [0.2, 0.25) is 0 Å². The number of rotatable bonds is 2. The van der Waals surface area contributed by atoms with Crippen LogP contribution in [0.4, 0.5) is 0 Å². The molecule has 2 aliphatic rings. The van der Waals surface area contributed by atoms with Crippen molar-refractivity contribution in [3.05, 3.63) is 35.4 Å². The van der Waals surface area contributed by atoms with Gasteiger partial charge in [0, 0.05) is 25.6 Å². The van der Waals surface area contributed by atoms with E-state index in [1.165, 1.54) is 5.56 Å². The van der Waals surface area contributed by atoms with Gasteiger partial charge in [-0.2, -0.15) is 0 Å². The number of hydrogen-bond acceptors (Lipinski definition) is 3. The van der Waals surface area contributed by atoms with Crippen LogP contribution in [0.1, 0.15) is 17.2 Å². The van der Waals surface area contributed by atoms with E-state index in [2.05, 4.69) is 23.1 Å². The minimum atomic E-state index is -0.283. The summed E-state index contributed by atoms with van der Waals surface area (Å²) in [4.78, 5) is 2.41. The summed E-state index contributed by atoms with van der Waals surface area (Å²) < 4.78 is 5.35. The van der Waals surface area contributed by atoms with Crippen LogP contribution in [0, 0.1) is 5.92 Å². The van der Waals surface area contributed by atoms with Gasteiger partial charge in [0.1, 0.15) is 0 Å². The van der Waals surface area contributed by atoms with Gasteiger partial charge in [-0.1, -0.05) is 24.3 Å². The van der Waals surface area contributed by atoms with Crippen LogP contribution in [0.25, 0.3) is 0 Å². The maximum absolute atomic E-state index is 10.3. The van der Waals surface area contributed by atoms with Crippen molar-refractivity contribution < 1.29 is 9.84 Å². The summed E-state index contributed by atoms with van der Waals surface area (Å²) in [6, 6.07) is 8.26. The van der Waals surface area contributed by atoms with Crippen molar-refractivity contribution >= 4 is 0 Å². The SMILES string of the molecule is O[C@@H]1c2ccccc2C[C@@H]1CN1CCOCC1. The molecule has 1 aromatic carbocycles. The molecular formula is C14H19NO2. The number of aliphatic hydroxyl groups excluding tert-OH is 1. The number of hydrogen-bond donors (Lipinski definition) is 1. The Labute approximate surface area is 102 Å². The van der Waals surface area contributed by atoms with Gasteiger partial charge in [-0.25, -0.2) is 0 Å². The van der Waals surface area contributed by atoms with E-state index < -0.39 is 0 Å². The third kappa shape index (κ3) is 2.23. The molecule has 1 N–H and O–H groups in total. The van der Waals surface area contributed by atoms with E-state index in [9.17, 15) is 5.11 Å². The van der Waals surface area contributed by atoms with E-state index in [1.54, 1.807) is 0 Å². The van der Waals surface area contributed by atoms with Gasteiger partial charge in [-0.3, -0.25) is 4.90 Å². The van der Waals surface area contributed by atoms with Crippen molar-refractivity contribution in [1.82, 2.24) is 4.90 Å². The molecule has 1 aliphatic carbocycles. The van der Waals surface area contributed by atoms with E-state index in [0.29, 0.717) is 5.92 Å². The molecule has 0 amide bonds. The fourth-order valence-corrected chi connectivity index (χ4v) is 2.94. The summed E-state index contributed by atoms with van der Waals surface area (Å²) in [7, 11) is 0. The number of morpholine rings is 1. The first-order chi connectivity index (χ1) is 8.34. The normalized spacial score (nSPS) is 29.2. The summed E-state index contributed by atoms with van der Waals surface area (Å²) in [5, 5.41) is 10.3. The zero-order valence-corrected chi connectivity index (χ0v) is 10.0. The second kappa shape index (κ2) is 4.77. The number of aliphatic hydroxyl groups is 1. The van der Waals surface area contributed by atoms with Gasteiger partial charge in [-0.15, -0.1) is 0 Å². The predicted octanol–water partition coefficient (Wildman–Crippen LogP) is 1.22. The lowest BCUT2D eigenvalue weighted by atomic mass is 10.0. The molecule has 0 radical (unpaired) electrons. The van der Waals surface area contributed by atoms with Gasteiger partial charge in [0.05, 0.1) is 19.3 Å². The van der Waals surface area contributed by atoms with Crippen LogP contribution in [0.5, 0.6) is 0 Å². The van der Waals surface area contributed by atoms with Crippen molar-refractivity contribution in [2.24, 2.45) is 5.92 Å². The van der Waals surface area contributed by atoms with Crippen LogP contribution in [0.15, 0.2) is 24.3 Å². The second-order valence-corrected chi connectivity index (χ2v) is 5.02. The summed E-state index contributed by atoms with van der Waals surface area (Å²) in [6.07, 6.45) is 0.725. The monoisotopic (exact) mass is 233 g/mol. The first-order valence-electron chi connectivity index (χ1n) is 6.40. The first kappa shape index (κ1) is 11.2. The Morgan fingerprint density at radius 1 is 1.24 bits per heavy atom. The molecule has 1 aromatic rings. The molecule has 2 atom stereocenters. The summed E-state index contributed by atoms with van der Waals surface area (Å²) in [5.74, 6) is 0.352. The van der Waals surface area contributed by atoms with Gasteiger partial charge in [-0.05, 0) is 17.5 Å². The van der Waals surface area contributed by atoms with Crippen molar-refractivity contribution in [3.63, 3.8) is 0 Å². The Morgan fingerprint density at radius 2 is 2.00 bits per heavy atom. The molecule has 1 heterocycles. The molecule has 0 unspecified atom stereocenters. The zero-order valence-electron chi connectivity index (χ0n) is 10.0. The number of fused-ring (bicyclic) bond motifs is 1. The van der Waals surface area contributed by atoms with E-state index >= 15 is 0 Å². The Balaban J connectivity index is 1.67. The van der Waals surface area contributed by atoms with E-state index in [0.717, 1.165) is 44.8 Å². The lowest BCUT2D eigenvalue weighted by Crippen LogP contribution is -2.40. The Morgan fingerprint density at radius 3 is 2.76 bits per heavy atom. The summed E-state index contributed by atoms with van der Waals surface area (Å²) in [5.41, 5.74) is 2.45. The quantitative estimate of drug-likeness (QED) is 0.834. The van der Waals surface area contributed by atoms with Crippen LogP contribution >= 0.6 is 0 Å². The summed E-state index contributed by atoms with van der Waals surface area (Å²) in [6.45, 7) is 4.64. The maximum Gasteiger partial charge on any atom is 0.0836 e. The highest BCUT2D eigenvalue weighted by Gasteiger charge is 2.31. The van der Waals surface area contributed by atoms with Gasteiger partial charge in [0.15, 0.2) is 0 Å². The molecule has 0 saturated carbocycles. The lowest BCUT2D eigenvalue weighted by molar-refractivity contribution is 0.0155. The van der Waals surface area contributed by atoms with Crippen LogP contribution in [-0.2, 0) is 11.2 Å². The van der Waals surface area contributed by atoms with Crippen LogP contribution < -0.4 is 0 Å². The smallest absolute Gasteiger partial charge is 0.0836 e. The van der Waals surface area contributed by atoms with Crippen molar-refractivity contribution in [2.75, 3.05) is 32.8 Å². The molecule has 3 heteroatoms. The fraction of sp³-hybridized carbons (Fsp3) is 0.571. The molecule has 0 bridgehead atoms.